The molecule has 0 aliphatic heterocycles. The Morgan fingerprint density at radius 3 is 2.38 bits per heavy atom. The van der Waals surface area contributed by atoms with Gasteiger partial charge in [0.15, 0.2) is 0 Å². The van der Waals surface area contributed by atoms with Gasteiger partial charge in [-0.1, -0.05) is 18.7 Å². The van der Waals surface area contributed by atoms with Crippen LogP contribution in [-0.2, 0) is 24.4 Å². The molecule has 1 rings (SSSR count). The molecule has 9 heteroatoms. The number of carbonyl (C=O) groups excluding carboxylic acids is 2. The molecule has 110 valence electrons. The first-order chi connectivity index (χ1) is 9.36. The Balaban J connectivity index is 0. The zero-order valence-corrected chi connectivity index (χ0v) is 14.1. The van der Waals surface area contributed by atoms with E-state index in [9.17, 15) is 18.0 Å². The van der Waals surface area contributed by atoms with Gasteiger partial charge in [-0.25, -0.2) is 9.59 Å². The summed E-state index contributed by atoms with van der Waals surface area (Å²) in [4.78, 5) is 21.8. The molecule has 0 fully saturated rings. The van der Waals surface area contributed by atoms with Gasteiger partial charge in [-0.15, -0.1) is 0 Å². The summed E-state index contributed by atoms with van der Waals surface area (Å²) in [5, 5.41) is 0. The van der Waals surface area contributed by atoms with Crippen molar-refractivity contribution in [1.82, 2.24) is 0 Å². The van der Waals surface area contributed by atoms with Crippen LogP contribution in [0.5, 0.6) is 0 Å². The van der Waals surface area contributed by atoms with Gasteiger partial charge in [0.25, 0.3) is 10.1 Å². The van der Waals surface area contributed by atoms with E-state index in [4.69, 9.17) is 9.29 Å². The van der Waals surface area contributed by atoms with Crippen molar-refractivity contribution in [2.45, 2.75) is 4.90 Å². The predicted octanol–water partition coefficient (Wildman–Crippen LogP) is -2.06. The van der Waals surface area contributed by atoms with Gasteiger partial charge in [-0.2, -0.15) is 8.42 Å². The fourth-order valence-electron chi connectivity index (χ4n) is 1.27. The minimum Gasteiger partial charge on any atom is -1.00 e. The van der Waals surface area contributed by atoms with Gasteiger partial charge in [0.05, 0.1) is 5.56 Å². The van der Waals surface area contributed by atoms with Gasteiger partial charge >= 0.3 is 41.5 Å². The van der Waals surface area contributed by atoms with E-state index in [1.54, 1.807) is 0 Å². The first kappa shape index (κ1) is 19.8. The molecule has 0 atom stereocenters. The van der Waals surface area contributed by atoms with E-state index in [-0.39, 0.29) is 49.8 Å². The van der Waals surface area contributed by atoms with Crippen molar-refractivity contribution in [3.8, 4) is 0 Å². The Bertz CT molecular complexity index is 630. The van der Waals surface area contributed by atoms with Crippen LogP contribution in [-0.4, -0.2) is 38.1 Å². The van der Waals surface area contributed by atoms with E-state index in [1.165, 1.54) is 18.2 Å². The molecule has 1 N–H and O–H groups in total. The second-order valence-corrected chi connectivity index (χ2v) is 4.87. The Labute approximate surface area is 145 Å². The van der Waals surface area contributed by atoms with Gasteiger partial charge in [0, 0.05) is 6.08 Å². The fraction of sp³-hybridized carbons (Fsp3) is 0.167. The molecule has 0 heterocycles. The van der Waals surface area contributed by atoms with Gasteiger partial charge in [-0.05, 0) is 12.1 Å². The molecule has 1 aromatic carbocycles. The van der Waals surface area contributed by atoms with Crippen LogP contribution in [0.2, 0.25) is 0 Å². The van der Waals surface area contributed by atoms with E-state index < -0.39 is 27.0 Å². The molecule has 0 aliphatic carbocycles. The molecule has 1 aromatic rings. The number of esters is 2. The number of hydrogen-bond donors (Lipinski definition) is 1. The number of ether oxygens (including phenoxy) is 2. The van der Waals surface area contributed by atoms with Gasteiger partial charge in [-0.3, -0.25) is 4.55 Å². The zero-order valence-electron chi connectivity index (χ0n) is 12.3. The topological polar surface area (TPSA) is 107 Å². The summed E-state index contributed by atoms with van der Waals surface area (Å²) in [5.74, 6) is -1.62. The SMILES string of the molecule is C=CC(=O)OCCOC(=O)c1ccccc1S(=O)(=O)O.[H-].[Na+]. The normalized spacial score (nSPS) is 10.1. The number of benzene rings is 1. The molecule has 0 aromatic heterocycles. The van der Waals surface area contributed by atoms with Crippen LogP contribution >= 0.6 is 0 Å². The maximum Gasteiger partial charge on any atom is 1.00 e. The van der Waals surface area contributed by atoms with E-state index >= 15 is 0 Å². The summed E-state index contributed by atoms with van der Waals surface area (Å²) >= 11 is 0. The maximum atomic E-state index is 11.7. The summed E-state index contributed by atoms with van der Waals surface area (Å²) in [6.07, 6.45) is 0.954. The minimum absolute atomic E-state index is 0. The molecule has 0 radical (unpaired) electrons. The minimum atomic E-state index is -4.53. The van der Waals surface area contributed by atoms with Crippen molar-refractivity contribution in [2.75, 3.05) is 13.2 Å². The predicted molar refractivity (Wildman–Crippen MR) is 68.8 cm³/mol. The summed E-state index contributed by atoms with van der Waals surface area (Å²) in [7, 11) is -4.53. The number of rotatable bonds is 6. The molecule has 0 aliphatic rings. The van der Waals surface area contributed by atoms with Crippen LogP contribution in [0.1, 0.15) is 11.8 Å². The van der Waals surface area contributed by atoms with Crippen LogP contribution in [0.4, 0.5) is 0 Å². The zero-order chi connectivity index (χ0) is 15.2. The van der Waals surface area contributed by atoms with Crippen LogP contribution in [0.25, 0.3) is 0 Å². The van der Waals surface area contributed by atoms with E-state index in [1.807, 2.05) is 0 Å². The molecular formula is C12H13NaO7S. The first-order valence-electron chi connectivity index (χ1n) is 5.39. The molecule has 0 saturated heterocycles. The number of hydrogen-bond acceptors (Lipinski definition) is 6. The van der Waals surface area contributed by atoms with Gasteiger partial charge < -0.3 is 10.9 Å². The van der Waals surface area contributed by atoms with Crippen molar-refractivity contribution in [3.63, 3.8) is 0 Å². The Hall–Kier alpha value is -1.19. The molecule has 7 nitrogen and oxygen atoms in total. The molecule has 0 bridgehead atoms. The van der Waals surface area contributed by atoms with Crippen molar-refractivity contribution < 1.29 is 63.0 Å². The third-order valence-electron chi connectivity index (χ3n) is 2.11. The van der Waals surface area contributed by atoms with Crippen molar-refractivity contribution >= 4 is 22.1 Å². The molecule has 0 unspecified atom stereocenters. The smallest absolute Gasteiger partial charge is 1.00 e. The fourth-order valence-corrected chi connectivity index (χ4v) is 1.95. The van der Waals surface area contributed by atoms with Gasteiger partial charge in [0.2, 0.25) is 0 Å². The van der Waals surface area contributed by atoms with Crippen LogP contribution in [0.15, 0.2) is 41.8 Å². The van der Waals surface area contributed by atoms with E-state index in [2.05, 4.69) is 11.3 Å². The summed E-state index contributed by atoms with van der Waals surface area (Å²) in [5.41, 5.74) is -0.301. The van der Waals surface area contributed by atoms with Crippen molar-refractivity contribution in [3.05, 3.63) is 42.5 Å². The molecule has 0 spiro atoms. The maximum absolute atomic E-state index is 11.7. The third-order valence-corrected chi connectivity index (χ3v) is 3.02. The Morgan fingerprint density at radius 1 is 1.24 bits per heavy atom. The summed E-state index contributed by atoms with van der Waals surface area (Å²) in [6.45, 7) is 2.74. The van der Waals surface area contributed by atoms with Crippen molar-refractivity contribution in [1.29, 1.82) is 0 Å². The molecular weight excluding hydrogens is 311 g/mol. The molecule has 21 heavy (non-hydrogen) atoms. The largest absolute Gasteiger partial charge is 1.00 e. The Morgan fingerprint density at radius 2 is 1.81 bits per heavy atom. The second-order valence-electron chi connectivity index (χ2n) is 3.48. The second kappa shape index (κ2) is 8.96. The van der Waals surface area contributed by atoms with Crippen LogP contribution < -0.4 is 29.6 Å². The quantitative estimate of drug-likeness (QED) is 0.211. The first-order valence-corrected chi connectivity index (χ1v) is 6.83. The van der Waals surface area contributed by atoms with Crippen LogP contribution in [0, 0.1) is 0 Å². The average molecular weight is 324 g/mol. The van der Waals surface area contributed by atoms with E-state index in [0.29, 0.717) is 0 Å². The summed E-state index contributed by atoms with van der Waals surface area (Å²) < 4.78 is 40.5. The molecule has 0 amide bonds. The standard InChI is InChI=1S/C12H12O7S.Na.H/c1-2-11(13)18-7-8-19-12(14)9-5-3-4-6-10(9)20(15,16)17;;/h2-6H,1,7-8H2,(H,15,16,17);;/q;+1;-1. The monoisotopic (exact) mass is 324 g/mol. The van der Waals surface area contributed by atoms with Gasteiger partial charge in [0.1, 0.15) is 18.1 Å². The molecule has 0 saturated carbocycles. The van der Waals surface area contributed by atoms with E-state index in [0.717, 1.165) is 12.1 Å². The third kappa shape index (κ3) is 6.40. The van der Waals surface area contributed by atoms with Crippen molar-refractivity contribution in [2.24, 2.45) is 0 Å². The average Bonchev–Trinajstić information content (AvgIpc) is 2.42. The number of carbonyl (C=O) groups is 2. The Kier molecular flexibility index (Phi) is 8.45. The summed E-state index contributed by atoms with van der Waals surface area (Å²) in [6, 6.07) is 5.04. The van der Waals surface area contributed by atoms with Crippen LogP contribution in [0.3, 0.4) is 0 Å².